The van der Waals surface area contributed by atoms with Crippen LogP contribution in [-0.2, 0) is 17.8 Å². The first-order chi connectivity index (χ1) is 9.08. The molecule has 9 heteroatoms. The van der Waals surface area contributed by atoms with Gasteiger partial charge in [0.25, 0.3) is 0 Å². The molecule has 1 aromatic rings. The van der Waals surface area contributed by atoms with Crippen molar-refractivity contribution in [2.24, 2.45) is 5.73 Å². The van der Waals surface area contributed by atoms with Crippen molar-refractivity contribution in [1.29, 1.82) is 0 Å². The van der Waals surface area contributed by atoms with E-state index in [-0.39, 0.29) is 12.6 Å². The number of aromatic nitrogens is 2. The summed E-state index contributed by atoms with van der Waals surface area (Å²) < 4.78 is 6.31. The first-order valence-corrected chi connectivity index (χ1v) is 5.81. The maximum Gasteiger partial charge on any atom is 0.404 e. The number of ether oxygens (including phenoxy) is 1. The number of amides is 3. The smallest absolute Gasteiger partial charge is 0.404 e. The molecule has 3 rings (SSSR count). The van der Waals surface area contributed by atoms with Crippen LogP contribution in [0.15, 0.2) is 6.20 Å². The molecule has 19 heavy (non-hydrogen) atoms. The molecular formula is C10H13N5O4. The molecule has 1 atom stereocenters. The minimum Gasteiger partial charge on any atom is -0.448 e. The third-order valence-corrected chi connectivity index (χ3v) is 3.38. The predicted octanol–water partition coefficient (Wildman–Crippen LogP) is -0.340. The van der Waals surface area contributed by atoms with E-state index in [0.717, 1.165) is 16.3 Å². The SMILES string of the molecule is NC(=O)OCCn1ncc2c1CN1CC2N(O)C1=O. The summed E-state index contributed by atoms with van der Waals surface area (Å²) in [4.78, 5) is 23.7. The van der Waals surface area contributed by atoms with Gasteiger partial charge in [0.15, 0.2) is 0 Å². The van der Waals surface area contributed by atoms with Gasteiger partial charge in [-0.2, -0.15) is 10.2 Å². The molecule has 0 aromatic carbocycles. The Morgan fingerprint density at radius 2 is 2.42 bits per heavy atom. The number of hydrogen-bond acceptors (Lipinski definition) is 5. The second kappa shape index (κ2) is 4.12. The lowest BCUT2D eigenvalue weighted by Gasteiger charge is -2.21. The molecule has 2 aliphatic rings. The van der Waals surface area contributed by atoms with Crippen LogP contribution in [-0.4, -0.2) is 50.2 Å². The van der Waals surface area contributed by atoms with Crippen molar-refractivity contribution in [2.45, 2.75) is 19.1 Å². The van der Waals surface area contributed by atoms with Crippen molar-refractivity contribution in [2.75, 3.05) is 13.2 Å². The number of hydrogen-bond donors (Lipinski definition) is 2. The zero-order chi connectivity index (χ0) is 13.6. The second-order valence-corrected chi connectivity index (χ2v) is 4.46. The molecule has 3 heterocycles. The number of primary amides is 1. The molecule has 1 unspecified atom stereocenters. The Morgan fingerprint density at radius 3 is 3.16 bits per heavy atom. The molecule has 2 bridgehead atoms. The highest BCUT2D eigenvalue weighted by molar-refractivity contribution is 5.77. The van der Waals surface area contributed by atoms with Gasteiger partial charge in [0.05, 0.1) is 31.5 Å². The van der Waals surface area contributed by atoms with Gasteiger partial charge in [-0.1, -0.05) is 0 Å². The molecule has 0 radical (unpaired) electrons. The van der Waals surface area contributed by atoms with Gasteiger partial charge < -0.3 is 15.4 Å². The molecule has 1 saturated heterocycles. The number of nitrogens with two attached hydrogens (primary N) is 1. The molecule has 3 amide bonds. The average molecular weight is 267 g/mol. The number of carbonyl (C=O) groups excluding carboxylic acids is 2. The normalized spacial score (nSPS) is 20.7. The van der Waals surface area contributed by atoms with Crippen LogP contribution in [0.25, 0.3) is 0 Å². The lowest BCUT2D eigenvalue weighted by molar-refractivity contribution is -0.0586. The Balaban J connectivity index is 1.79. The molecule has 0 spiro atoms. The van der Waals surface area contributed by atoms with Crippen LogP contribution in [0, 0.1) is 0 Å². The summed E-state index contributed by atoms with van der Waals surface area (Å²) in [6.07, 6.45) is 0.797. The van der Waals surface area contributed by atoms with Crippen LogP contribution in [0.2, 0.25) is 0 Å². The Labute approximate surface area is 108 Å². The van der Waals surface area contributed by atoms with E-state index >= 15 is 0 Å². The number of carbonyl (C=O) groups is 2. The van der Waals surface area contributed by atoms with Crippen molar-refractivity contribution >= 4 is 12.1 Å². The van der Waals surface area contributed by atoms with E-state index < -0.39 is 12.1 Å². The molecule has 1 aromatic heterocycles. The Bertz CT molecular complexity index is 542. The summed E-state index contributed by atoms with van der Waals surface area (Å²) in [5.74, 6) is 0. The van der Waals surface area contributed by atoms with Crippen LogP contribution in [0.3, 0.4) is 0 Å². The van der Waals surface area contributed by atoms with E-state index in [9.17, 15) is 14.8 Å². The minimum absolute atomic E-state index is 0.116. The van der Waals surface area contributed by atoms with Gasteiger partial charge in [0.2, 0.25) is 0 Å². The molecule has 0 aliphatic carbocycles. The summed E-state index contributed by atoms with van der Waals surface area (Å²) in [7, 11) is 0. The van der Waals surface area contributed by atoms with Gasteiger partial charge >= 0.3 is 12.1 Å². The number of nitrogens with zero attached hydrogens (tertiary/aromatic N) is 4. The van der Waals surface area contributed by atoms with Crippen molar-refractivity contribution < 1.29 is 19.5 Å². The van der Waals surface area contributed by atoms with E-state index in [4.69, 9.17) is 5.73 Å². The zero-order valence-corrected chi connectivity index (χ0v) is 10.0. The first-order valence-electron chi connectivity index (χ1n) is 5.81. The van der Waals surface area contributed by atoms with Gasteiger partial charge in [0, 0.05) is 5.56 Å². The summed E-state index contributed by atoms with van der Waals surface area (Å²) >= 11 is 0. The van der Waals surface area contributed by atoms with E-state index in [0.29, 0.717) is 19.6 Å². The molecule has 9 nitrogen and oxygen atoms in total. The maximum atomic E-state index is 11.7. The van der Waals surface area contributed by atoms with Crippen LogP contribution >= 0.6 is 0 Å². The van der Waals surface area contributed by atoms with E-state index in [1.807, 2.05) is 0 Å². The van der Waals surface area contributed by atoms with Crippen molar-refractivity contribution in [1.82, 2.24) is 19.7 Å². The highest BCUT2D eigenvalue weighted by Crippen LogP contribution is 2.36. The van der Waals surface area contributed by atoms with E-state index in [1.54, 1.807) is 15.8 Å². The number of rotatable bonds is 3. The maximum absolute atomic E-state index is 11.7. The highest BCUT2D eigenvalue weighted by atomic mass is 16.5. The first kappa shape index (κ1) is 11.8. The van der Waals surface area contributed by atoms with Gasteiger partial charge in [0.1, 0.15) is 12.6 Å². The summed E-state index contributed by atoms with van der Waals surface area (Å²) in [5, 5.41) is 14.6. The van der Waals surface area contributed by atoms with E-state index in [2.05, 4.69) is 9.84 Å². The zero-order valence-electron chi connectivity index (χ0n) is 10.0. The molecule has 2 aliphatic heterocycles. The molecule has 3 N–H and O–H groups in total. The largest absolute Gasteiger partial charge is 0.448 e. The number of urea groups is 1. The topological polar surface area (TPSA) is 114 Å². The van der Waals surface area contributed by atoms with Crippen LogP contribution in [0.1, 0.15) is 17.3 Å². The Morgan fingerprint density at radius 1 is 1.63 bits per heavy atom. The van der Waals surface area contributed by atoms with Crippen molar-refractivity contribution in [3.8, 4) is 0 Å². The van der Waals surface area contributed by atoms with Crippen molar-refractivity contribution in [3.63, 3.8) is 0 Å². The minimum atomic E-state index is -0.832. The fraction of sp³-hybridized carbons (Fsp3) is 0.500. The predicted molar refractivity (Wildman–Crippen MR) is 59.9 cm³/mol. The fourth-order valence-corrected chi connectivity index (χ4v) is 2.49. The summed E-state index contributed by atoms with van der Waals surface area (Å²) in [5.41, 5.74) is 6.54. The molecule has 1 fully saturated rings. The van der Waals surface area contributed by atoms with Gasteiger partial charge in [-0.15, -0.1) is 0 Å². The van der Waals surface area contributed by atoms with E-state index in [1.165, 1.54) is 0 Å². The summed E-state index contributed by atoms with van der Waals surface area (Å²) in [6.45, 7) is 1.33. The summed E-state index contributed by atoms with van der Waals surface area (Å²) in [6, 6.07) is -0.775. The Hall–Kier alpha value is -2.29. The number of fused-ring (bicyclic) bond motifs is 4. The van der Waals surface area contributed by atoms with Crippen LogP contribution in [0.4, 0.5) is 9.59 Å². The monoisotopic (exact) mass is 267 g/mol. The van der Waals surface area contributed by atoms with Gasteiger partial charge in [-0.25, -0.2) is 9.59 Å². The van der Waals surface area contributed by atoms with Crippen LogP contribution < -0.4 is 5.73 Å². The van der Waals surface area contributed by atoms with Crippen molar-refractivity contribution in [3.05, 3.63) is 17.5 Å². The Kier molecular flexibility index (Phi) is 2.56. The van der Waals surface area contributed by atoms with Gasteiger partial charge in [-0.3, -0.25) is 9.89 Å². The molecule has 102 valence electrons. The third-order valence-electron chi connectivity index (χ3n) is 3.38. The third kappa shape index (κ3) is 1.78. The van der Waals surface area contributed by atoms with Crippen LogP contribution in [0.5, 0.6) is 0 Å². The lowest BCUT2D eigenvalue weighted by atomic mass is 10.1. The average Bonchev–Trinajstić information content (AvgIpc) is 2.87. The quantitative estimate of drug-likeness (QED) is 0.727. The number of hydroxylamine groups is 2. The molecule has 0 saturated carbocycles. The van der Waals surface area contributed by atoms with Gasteiger partial charge in [-0.05, 0) is 0 Å². The highest BCUT2D eigenvalue weighted by Gasteiger charge is 2.44. The standard InChI is InChI=1S/C10H13N5O4/c11-9(16)19-2-1-14-7-4-13-5-8(6(7)3-12-14)15(18)10(13)17/h3,8,18H,1-2,4-5H2,(H2,11,16). The second-order valence-electron chi connectivity index (χ2n) is 4.46. The fourth-order valence-electron chi connectivity index (χ4n) is 2.49. The molecular weight excluding hydrogens is 254 g/mol. The lowest BCUT2D eigenvalue weighted by Crippen LogP contribution is -2.30.